The molecule has 0 aliphatic heterocycles. The fourth-order valence-electron chi connectivity index (χ4n) is 2.49. The summed E-state index contributed by atoms with van der Waals surface area (Å²) in [5.74, 6) is 5.42. The molecule has 0 spiro atoms. The number of carbonyl (C=O) groups is 1. The number of carbonyl (C=O) groups excluding carboxylic acids is 1. The molecule has 0 aliphatic rings. The van der Waals surface area contributed by atoms with E-state index in [0.717, 1.165) is 16.7 Å². The third-order valence-corrected chi connectivity index (χ3v) is 4.45. The first-order valence-electron chi connectivity index (χ1n) is 8.45. The number of aromatic nitrogens is 1. The van der Waals surface area contributed by atoms with Gasteiger partial charge in [-0.05, 0) is 55.3 Å². The highest BCUT2D eigenvalue weighted by Crippen LogP contribution is 2.23. The number of hydrogen-bond acceptors (Lipinski definition) is 3. The number of nitrogens with one attached hydrogen (secondary N) is 1. The zero-order chi connectivity index (χ0) is 20.3. The van der Waals surface area contributed by atoms with Crippen molar-refractivity contribution in [1.82, 2.24) is 4.98 Å². The lowest BCUT2D eigenvalue weighted by Gasteiger charge is -2.08. The molecule has 2 aromatic carbocycles. The molecule has 140 valence electrons. The van der Waals surface area contributed by atoms with Crippen molar-refractivity contribution in [2.24, 2.45) is 0 Å². The van der Waals surface area contributed by atoms with E-state index >= 15 is 0 Å². The Labute approximate surface area is 167 Å². The number of halogens is 2. The number of aryl methyl sites for hydroxylation is 2. The molecule has 3 aromatic rings. The number of nitrogen functional groups attached to an aromatic ring is 1. The predicted molar refractivity (Wildman–Crippen MR) is 110 cm³/mol. The fraction of sp³-hybridized carbons (Fsp3) is 0.0909. The van der Waals surface area contributed by atoms with Crippen molar-refractivity contribution in [2.75, 3.05) is 11.1 Å². The Kier molecular flexibility index (Phi) is 5.62. The number of rotatable bonds is 2. The summed E-state index contributed by atoms with van der Waals surface area (Å²) in [7, 11) is 0. The van der Waals surface area contributed by atoms with Crippen LogP contribution in [0.2, 0.25) is 5.02 Å². The Balaban J connectivity index is 1.87. The van der Waals surface area contributed by atoms with Crippen LogP contribution >= 0.6 is 11.6 Å². The third-order valence-electron chi connectivity index (χ3n) is 4.16. The van der Waals surface area contributed by atoms with E-state index in [1.165, 1.54) is 12.1 Å². The monoisotopic (exact) mass is 393 g/mol. The molecule has 0 unspecified atom stereocenters. The molecule has 0 fully saturated rings. The lowest BCUT2D eigenvalue weighted by Crippen LogP contribution is -2.13. The quantitative estimate of drug-likeness (QED) is 0.619. The predicted octanol–water partition coefficient (Wildman–Crippen LogP) is 4.73. The van der Waals surface area contributed by atoms with E-state index in [9.17, 15) is 9.18 Å². The lowest BCUT2D eigenvalue weighted by molar-refractivity contribution is 0.102. The van der Waals surface area contributed by atoms with Crippen LogP contribution < -0.4 is 11.1 Å². The summed E-state index contributed by atoms with van der Waals surface area (Å²) in [6.45, 7) is 3.76. The zero-order valence-corrected chi connectivity index (χ0v) is 16.1. The molecule has 1 heterocycles. The second-order valence-electron chi connectivity index (χ2n) is 6.26. The van der Waals surface area contributed by atoms with Crippen LogP contribution in [0.25, 0.3) is 0 Å². The van der Waals surface area contributed by atoms with Gasteiger partial charge < -0.3 is 11.1 Å². The minimum absolute atomic E-state index is 0.0223. The van der Waals surface area contributed by atoms with E-state index in [1.807, 2.05) is 19.9 Å². The van der Waals surface area contributed by atoms with Crippen molar-refractivity contribution in [2.45, 2.75) is 13.8 Å². The first-order valence-corrected chi connectivity index (χ1v) is 8.83. The Morgan fingerprint density at radius 1 is 1.14 bits per heavy atom. The van der Waals surface area contributed by atoms with Crippen molar-refractivity contribution < 1.29 is 9.18 Å². The Morgan fingerprint density at radius 3 is 2.68 bits per heavy atom. The number of nitrogens with zero attached hydrogens (tertiary/aromatic N) is 1. The minimum Gasteiger partial charge on any atom is -0.383 e. The average Bonchev–Trinajstić information content (AvgIpc) is 2.67. The molecule has 1 aromatic heterocycles. The first-order chi connectivity index (χ1) is 13.3. The van der Waals surface area contributed by atoms with Gasteiger partial charge in [-0.2, -0.15) is 0 Å². The minimum atomic E-state index is -0.670. The number of pyridine rings is 1. The number of benzene rings is 2. The van der Waals surface area contributed by atoms with Gasteiger partial charge in [-0.1, -0.05) is 35.6 Å². The molecule has 0 aliphatic carbocycles. The molecule has 0 atom stereocenters. The van der Waals surface area contributed by atoms with Gasteiger partial charge in [0.15, 0.2) is 5.82 Å². The SMILES string of the molecule is Cc1ccc(C(=O)Nc2cccc(Cl)c2F)cc1C#Cc1cnc(N)c(C)c1. The maximum atomic E-state index is 14.0. The fourth-order valence-corrected chi connectivity index (χ4v) is 2.66. The molecule has 6 heteroatoms. The molecule has 4 nitrogen and oxygen atoms in total. The van der Waals surface area contributed by atoms with Gasteiger partial charge in [0, 0.05) is 22.9 Å². The Morgan fingerprint density at radius 2 is 1.93 bits per heavy atom. The maximum Gasteiger partial charge on any atom is 0.255 e. The largest absolute Gasteiger partial charge is 0.383 e. The van der Waals surface area contributed by atoms with E-state index < -0.39 is 11.7 Å². The van der Waals surface area contributed by atoms with Crippen LogP contribution in [0.4, 0.5) is 15.9 Å². The van der Waals surface area contributed by atoms with Crippen molar-refractivity contribution in [3.63, 3.8) is 0 Å². The lowest BCUT2D eigenvalue weighted by atomic mass is 10.0. The van der Waals surface area contributed by atoms with E-state index in [-0.39, 0.29) is 10.7 Å². The van der Waals surface area contributed by atoms with Crippen LogP contribution in [-0.4, -0.2) is 10.9 Å². The van der Waals surface area contributed by atoms with E-state index in [1.54, 1.807) is 30.5 Å². The normalized spacial score (nSPS) is 10.1. The van der Waals surface area contributed by atoms with Gasteiger partial charge >= 0.3 is 0 Å². The van der Waals surface area contributed by atoms with Gasteiger partial charge in [-0.3, -0.25) is 4.79 Å². The van der Waals surface area contributed by atoms with E-state index in [2.05, 4.69) is 22.1 Å². The Hall–Kier alpha value is -3.36. The molecular weight excluding hydrogens is 377 g/mol. The summed E-state index contributed by atoms with van der Waals surface area (Å²) < 4.78 is 14.0. The number of amides is 1. The average molecular weight is 394 g/mol. The first kappa shape index (κ1) is 19.4. The number of nitrogens with two attached hydrogens (primary N) is 1. The van der Waals surface area contributed by atoms with Gasteiger partial charge in [-0.15, -0.1) is 0 Å². The molecule has 3 rings (SSSR count). The summed E-state index contributed by atoms with van der Waals surface area (Å²) in [6, 6.07) is 11.4. The molecule has 1 amide bonds. The molecule has 0 saturated heterocycles. The molecule has 0 radical (unpaired) electrons. The molecule has 3 N–H and O–H groups in total. The van der Waals surface area contributed by atoms with Gasteiger partial charge in [0.25, 0.3) is 5.91 Å². The highest BCUT2D eigenvalue weighted by molar-refractivity contribution is 6.31. The summed E-state index contributed by atoms with van der Waals surface area (Å²) >= 11 is 5.75. The van der Waals surface area contributed by atoms with Crippen LogP contribution in [0.5, 0.6) is 0 Å². The number of anilines is 2. The van der Waals surface area contributed by atoms with Crippen molar-refractivity contribution in [3.05, 3.63) is 87.3 Å². The smallest absolute Gasteiger partial charge is 0.255 e. The molecular formula is C22H17ClFN3O. The van der Waals surface area contributed by atoms with Crippen LogP contribution in [0.3, 0.4) is 0 Å². The third kappa shape index (κ3) is 4.30. The van der Waals surface area contributed by atoms with Crippen LogP contribution in [0.15, 0.2) is 48.7 Å². The van der Waals surface area contributed by atoms with Gasteiger partial charge in [0.05, 0.1) is 10.7 Å². The summed E-state index contributed by atoms with van der Waals surface area (Å²) in [6.07, 6.45) is 1.60. The van der Waals surface area contributed by atoms with Crippen LogP contribution in [0.1, 0.15) is 32.6 Å². The van der Waals surface area contributed by atoms with Crippen molar-refractivity contribution in [1.29, 1.82) is 0 Å². The maximum absolute atomic E-state index is 14.0. The molecule has 28 heavy (non-hydrogen) atoms. The summed E-state index contributed by atoms with van der Waals surface area (Å²) in [5, 5.41) is 2.48. The number of hydrogen-bond donors (Lipinski definition) is 2. The standard InChI is InChI=1S/C22H17ClFN3O/c1-13-6-8-17(22(28)27-19-5-3-4-18(23)20(19)24)11-16(13)9-7-15-10-14(2)21(25)26-12-15/h3-6,8,10-12H,1-2H3,(H2,25,26)(H,27,28). The van der Waals surface area contributed by atoms with E-state index in [4.69, 9.17) is 17.3 Å². The summed E-state index contributed by atoms with van der Waals surface area (Å²) in [5.41, 5.74) is 9.28. The summed E-state index contributed by atoms with van der Waals surface area (Å²) in [4.78, 5) is 16.6. The van der Waals surface area contributed by atoms with Gasteiger partial charge in [0.2, 0.25) is 0 Å². The van der Waals surface area contributed by atoms with Crippen molar-refractivity contribution in [3.8, 4) is 11.8 Å². The van der Waals surface area contributed by atoms with Crippen molar-refractivity contribution >= 4 is 29.0 Å². The topological polar surface area (TPSA) is 68.0 Å². The second-order valence-corrected chi connectivity index (χ2v) is 6.67. The van der Waals surface area contributed by atoms with Crippen LogP contribution in [-0.2, 0) is 0 Å². The van der Waals surface area contributed by atoms with Gasteiger partial charge in [0.1, 0.15) is 5.82 Å². The highest BCUT2D eigenvalue weighted by atomic mass is 35.5. The zero-order valence-electron chi connectivity index (χ0n) is 15.3. The second kappa shape index (κ2) is 8.12. The van der Waals surface area contributed by atoms with Gasteiger partial charge in [-0.25, -0.2) is 9.37 Å². The highest BCUT2D eigenvalue weighted by Gasteiger charge is 2.12. The molecule has 0 bridgehead atoms. The molecule has 0 saturated carbocycles. The van der Waals surface area contributed by atoms with Crippen LogP contribution in [0, 0.1) is 31.5 Å². The Bertz CT molecular complexity index is 1130. The van der Waals surface area contributed by atoms with E-state index in [0.29, 0.717) is 16.9 Å².